The molecule has 0 saturated heterocycles. The Balaban J connectivity index is 2.08. The Kier molecular flexibility index (Phi) is 4.16. The summed E-state index contributed by atoms with van der Waals surface area (Å²) in [5.74, 6) is -0.604. The molecule has 0 radical (unpaired) electrons. The number of nitrogens with zero attached hydrogens (tertiary/aromatic N) is 2. The highest BCUT2D eigenvalue weighted by molar-refractivity contribution is 6.38. The molecule has 0 saturated carbocycles. The summed E-state index contributed by atoms with van der Waals surface area (Å²) >= 11 is 0. The maximum absolute atomic E-state index is 12.8. The Morgan fingerprint density at radius 3 is 1.96 bits per heavy atom. The zero-order valence-electron chi connectivity index (χ0n) is 13.8. The molecule has 5 nitrogen and oxygen atoms in total. The van der Waals surface area contributed by atoms with Crippen LogP contribution in [0.2, 0.25) is 0 Å². The van der Waals surface area contributed by atoms with Gasteiger partial charge in [0, 0.05) is 25.2 Å². The molecule has 5 heteroatoms. The third kappa shape index (κ3) is 2.69. The number of fused-ring (bicyclic) bond motifs is 1. The number of Topliss-reactive ketones (excluding diaryl/α,β-unsaturated/α-hetero) is 2. The highest BCUT2D eigenvalue weighted by atomic mass is 16.5. The van der Waals surface area contributed by atoms with Crippen LogP contribution in [0.3, 0.4) is 0 Å². The fraction of sp³-hybridized carbons (Fsp3) is 0.211. The molecule has 0 spiro atoms. The highest BCUT2D eigenvalue weighted by Gasteiger charge is 2.42. The van der Waals surface area contributed by atoms with Gasteiger partial charge in [0.05, 0.1) is 12.8 Å². The molecule has 24 heavy (non-hydrogen) atoms. The van der Waals surface area contributed by atoms with Crippen LogP contribution in [0.4, 0.5) is 0 Å². The van der Waals surface area contributed by atoms with Crippen molar-refractivity contribution in [2.24, 2.45) is 11.0 Å². The molecule has 0 N–H and O–H groups in total. The van der Waals surface area contributed by atoms with E-state index >= 15 is 0 Å². The van der Waals surface area contributed by atoms with Gasteiger partial charge in [-0.3, -0.25) is 9.59 Å². The molecule has 2 aromatic rings. The van der Waals surface area contributed by atoms with Gasteiger partial charge >= 0.3 is 0 Å². The summed E-state index contributed by atoms with van der Waals surface area (Å²) in [5.41, 5.74) is 2.11. The van der Waals surface area contributed by atoms with E-state index in [9.17, 15) is 9.59 Å². The van der Waals surface area contributed by atoms with Crippen molar-refractivity contribution in [3.8, 4) is 5.75 Å². The number of hydrogen-bond acceptors (Lipinski definition) is 5. The van der Waals surface area contributed by atoms with E-state index in [1.54, 1.807) is 62.6 Å². The molecule has 2 aromatic carbocycles. The lowest BCUT2D eigenvalue weighted by Crippen LogP contribution is -2.28. The number of hydrogen-bond donors (Lipinski definition) is 0. The minimum atomic E-state index is -0.904. The van der Waals surface area contributed by atoms with Crippen molar-refractivity contribution in [3.05, 3.63) is 65.2 Å². The maximum atomic E-state index is 12.8. The highest BCUT2D eigenvalue weighted by Crippen LogP contribution is 2.30. The molecule has 0 amide bonds. The second-order valence-corrected chi connectivity index (χ2v) is 5.77. The first-order chi connectivity index (χ1) is 11.5. The van der Waals surface area contributed by atoms with Crippen LogP contribution in [0.25, 0.3) is 0 Å². The number of hydrazone groups is 1. The zero-order valence-corrected chi connectivity index (χ0v) is 13.8. The number of ether oxygens (including phenoxy) is 1. The Hall–Kier alpha value is -2.95. The molecular formula is C19H18N2O3. The number of ketones is 2. The fourth-order valence-electron chi connectivity index (χ4n) is 2.85. The Bertz CT molecular complexity index is 788. The molecule has 0 atom stereocenters. The largest absolute Gasteiger partial charge is 0.497 e. The van der Waals surface area contributed by atoms with Crippen LogP contribution < -0.4 is 4.74 Å². The summed E-state index contributed by atoms with van der Waals surface area (Å²) in [6, 6.07) is 14.1. The van der Waals surface area contributed by atoms with Crippen LogP contribution in [0.15, 0.2) is 53.6 Å². The van der Waals surface area contributed by atoms with Crippen LogP contribution in [-0.2, 0) is 0 Å². The molecule has 3 rings (SSSR count). The predicted molar refractivity (Wildman–Crippen MR) is 91.8 cm³/mol. The number of benzene rings is 2. The molecule has 122 valence electrons. The summed E-state index contributed by atoms with van der Waals surface area (Å²) in [4.78, 5) is 25.6. The zero-order chi connectivity index (χ0) is 17.3. The summed E-state index contributed by atoms with van der Waals surface area (Å²) in [6.45, 7) is 0. The standard InChI is InChI=1S/C19H18N2O3/c1-21(2)20-17(12-8-10-13(24-3)11-9-12)16-18(22)14-6-4-5-7-15(14)19(16)23/h4-11,16H,1-3H3. The molecule has 0 heterocycles. The topological polar surface area (TPSA) is 59.0 Å². The fourth-order valence-corrected chi connectivity index (χ4v) is 2.85. The summed E-state index contributed by atoms with van der Waals surface area (Å²) in [6.07, 6.45) is 0. The smallest absolute Gasteiger partial charge is 0.180 e. The van der Waals surface area contributed by atoms with E-state index in [4.69, 9.17) is 4.74 Å². The quantitative estimate of drug-likeness (QED) is 0.493. The Labute approximate surface area is 140 Å². The monoisotopic (exact) mass is 322 g/mol. The van der Waals surface area contributed by atoms with Crippen LogP contribution in [0.1, 0.15) is 26.3 Å². The van der Waals surface area contributed by atoms with Gasteiger partial charge in [-0.25, -0.2) is 0 Å². The summed E-state index contributed by atoms with van der Waals surface area (Å²) in [5, 5.41) is 6.04. The van der Waals surface area contributed by atoms with Crippen molar-refractivity contribution in [2.75, 3.05) is 21.2 Å². The number of methoxy groups -OCH3 is 1. The van der Waals surface area contributed by atoms with E-state index in [-0.39, 0.29) is 11.6 Å². The minimum absolute atomic E-state index is 0.202. The molecule has 0 aromatic heterocycles. The number of carbonyl (C=O) groups is 2. The normalized spacial score (nSPS) is 14.7. The molecule has 1 aliphatic rings. The van der Waals surface area contributed by atoms with E-state index in [0.29, 0.717) is 22.6 Å². The lowest BCUT2D eigenvalue weighted by molar-refractivity contribution is 0.0883. The predicted octanol–water partition coefficient (Wildman–Crippen LogP) is 2.66. The van der Waals surface area contributed by atoms with Gasteiger partial charge in [-0.2, -0.15) is 5.10 Å². The third-order valence-electron chi connectivity index (χ3n) is 3.95. The first kappa shape index (κ1) is 15.9. The van der Waals surface area contributed by atoms with E-state index in [2.05, 4.69) is 5.10 Å². The molecule has 0 bridgehead atoms. The van der Waals surface area contributed by atoms with Crippen LogP contribution in [0.5, 0.6) is 5.75 Å². The SMILES string of the molecule is COc1ccc(C(=NN(C)C)C2C(=O)c3ccccc3C2=O)cc1. The van der Waals surface area contributed by atoms with Crippen molar-refractivity contribution in [2.45, 2.75) is 0 Å². The van der Waals surface area contributed by atoms with E-state index < -0.39 is 5.92 Å². The van der Waals surface area contributed by atoms with Crippen molar-refractivity contribution >= 4 is 17.3 Å². The van der Waals surface area contributed by atoms with Gasteiger partial charge in [0.25, 0.3) is 0 Å². The van der Waals surface area contributed by atoms with Gasteiger partial charge in [0.1, 0.15) is 11.7 Å². The molecule has 0 aliphatic heterocycles. The molecular weight excluding hydrogens is 304 g/mol. The second-order valence-electron chi connectivity index (χ2n) is 5.77. The lowest BCUT2D eigenvalue weighted by Gasteiger charge is -2.15. The van der Waals surface area contributed by atoms with Crippen molar-refractivity contribution in [1.29, 1.82) is 0 Å². The van der Waals surface area contributed by atoms with E-state index in [1.807, 2.05) is 12.1 Å². The first-order valence-corrected chi connectivity index (χ1v) is 7.60. The molecule has 0 fully saturated rings. The second kappa shape index (κ2) is 6.28. The van der Waals surface area contributed by atoms with E-state index in [1.165, 1.54) is 0 Å². The minimum Gasteiger partial charge on any atom is -0.497 e. The van der Waals surface area contributed by atoms with Crippen LogP contribution in [-0.4, -0.2) is 43.5 Å². The van der Waals surface area contributed by atoms with Crippen LogP contribution >= 0.6 is 0 Å². The van der Waals surface area contributed by atoms with Gasteiger partial charge in [-0.1, -0.05) is 24.3 Å². The number of rotatable bonds is 4. The van der Waals surface area contributed by atoms with Gasteiger partial charge < -0.3 is 9.75 Å². The van der Waals surface area contributed by atoms with Crippen molar-refractivity contribution in [1.82, 2.24) is 5.01 Å². The van der Waals surface area contributed by atoms with Gasteiger partial charge in [-0.05, 0) is 29.8 Å². The van der Waals surface area contributed by atoms with Gasteiger partial charge in [0.2, 0.25) is 0 Å². The molecule has 1 aliphatic carbocycles. The average molecular weight is 322 g/mol. The Morgan fingerprint density at radius 2 is 1.50 bits per heavy atom. The van der Waals surface area contributed by atoms with Gasteiger partial charge in [0.15, 0.2) is 11.6 Å². The van der Waals surface area contributed by atoms with Crippen molar-refractivity contribution < 1.29 is 14.3 Å². The Morgan fingerprint density at radius 1 is 0.958 bits per heavy atom. The van der Waals surface area contributed by atoms with E-state index in [0.717, 1.165) is 5.56 Å². The van der Waals surface area contributed by atoms with Gasteiger partial charge in [-0.15, -0.1) is 0 Å². The maximum Gasteiger partial charge on any atom is 0.180 e. The van der Waals surface area contributed by atoms with Crippen molar-refractivity contribution in [3.63, 3.8) is 0 Å². The first-order valence-electron chi connectivity index (χ1n) is 7.60. The number of carbonyl (C=O) groups excluding carboxylic acids is 2. The third-order valence-corrected chi connectivity index (χ3v) is 3.95. The summed E-state index contributed by atoms with van der Waals surface area (Å²) in [7, 11) is 5.12. The molecule has 0 unspecified atom stereocenters. The van der Waals surface area contributed by atoms with Crippen LogP contribution in [0, 0.1) is 5.92 Å². The summed E-state index contributed by atoms with van der Waals surface area (Å²) < 4.78 is 5.16. The average Bonchev–Trinajstić information content (AvgIpc) is 2.84. The lowest BCUT2D eigenvalue weighted by atomic mass is 9.92.